The van der Waals surface area contributed by atoms with Crippen LogP contribution in [0.4, 0.5) is 18.2 Å². The Balaban J connectivity index is 2.39. The molecule has 0 bridgehead atoms. The van der Waals surface area contributed by atoms with Crippen LogP contribution in [0.1, 0.15) is 37.0 Å². The Bertz CT molecular complexity index is 921. The van der Waals surface area contributed by atoms with E-state index in [1.54, 1.807) is 21.0 Å². The fourth-order valence-electron chi connectivity index (χ4n) is 2.13. The van der Waals surface area contributed by atoms with E-state index >= 15 is 0 Å². The van der Waals surface area contributed by atoms with Gasteiger partial charge in [-0.15, -0.1) is 11.3 Å². The quantitative estimate of drug-likeness (QED) is 0.879. The largest absolute Gasteiger partial charge is 0.435 e. The van der Waals surface area contributed by atoms with Crippen LogP contribution >= 0.6 is 11.3 Å². The van der Waals surface area contributed by atoms with E-state index in [9.17, 15) is 28.0 Å². The van der Waals surface area contributed by atoms with E-state index in [4.69, 9.17) is 0 Å². The van der Waals surface area contributed by atoms with Crippen molar-refractivity contribution in [2.45, 2.75) is 13.1 Å². The average Bonchev–Trinajstić information content (AvgIpc) is 3.06. The van der Waals surface area contributed by atoms with E-state index in [2.05, 4.69) is 10.4 Å². The van der Waals surface area contributed by atoms with Crippen molar-refractivity contribution < 1.29 is 22.8 Å². The Kier molecular flexibility index (Phi) is 5.09. The van der Waals surface area contributed by atoms with Gasteiger partial charge in [0.05, 0.1) is 10.4 Å². The second-order valence-corrected chi connectivity index (χ2v) is 6.58. The van der Waals surface area contributed by atoms with Crippen molar-refractivity contribution in [2.24, 2.45) is 7.05 Å². The number of halogens is 3. The standard InChI is InChI=1S/C15H14F3N5O2S/c1-7-8(6-19)13(26-11(7)14(25)22(2)3)20-12(24)9-5-10(15(16,17)18)21-23(9)4/h5H,1-4H3,(H,20,24). The number of aromatic nitrogens is 2. The number of thiophene rings is 1. The Morgan fingerprint density at radius 1 is 1.38 bits per heavy atom. The van der Waals surface area contributed by atoms with Gasteiger partial charge >= 0.3 is 6.18 Å². The molecule has 11 heteroatoms. The third-order valence-corrected chi connectivity index (χ3v) is 4.68. The summed E-state index contributed by atoms with van der Waals surface area (Å²) in [6, 6.07) is 2.52. The molecule has 0 fully saturated rings. The van der Waals surface area contributed by atoms with Gasteiger partial charge in [-0.3, -0.25) is 14.3 Å². The zero-order valence-electron chi connectivity index (χ0n) is 14.2. The lowest BCUT2D eigenvalue weighted by Crippen LogP contribution is -2.21. The first-order chi connectivity index (χ1) is 12.0. The molecule has 0 atom stereocenters. The van der Waals surface area contributed by atoms with Crippen molar-refractivity contribution in [1.29, 1.82) is 5.26 Å². The number of aryl methyl sites for hydroxylation is 1. The van der Waals surface area contributed by atoms with Crippen LogP contribution in [0, 0.1) is 18.3 Å². The molecule has 2 heterocycles. The number of carbonyl (C=O) groups is 2. The highest BCUT2D eigenvalue weighted by Gasteiger charge is 2.35. The van der Waals surface area contributed by atoms with E-state index in [1.807, 2.05) is 6.07 Å². The minimum Gasteiger partial charge on any atom is -0.344 e. The van der Waals surface area contributed by atoms with Crippen molar-refractivity contribution >= 4 is 28.2 Å². The first-order valence-corrected chi connectivity index (χ1v) is 7.96. The predicted molar refractivity (Wildman–Crippen MR) is 88.0 cm³/mol. The zero-order chi connectivity index (χ0) is 19.8. The molecule has 0 aliphatic carbocycles. The highest BCUT2D eigenvalue weighted by atomic mass is 32.1. The summed E-state index contributed by atoms with van der Waals surface area (Å²) in [6.45, 7) is 1.56. The molecule has 26 heavy (non-hydrogen) atoms. The number of rotatable bonds is 3. The third-order valence-electron chi connectivity index (χ3n) is 3.49. The molecule has 2 amide bonds. The second-order valence-electron chi connectivity index (χ2n) is 5.56. The number of nitriles is 1. The molecule has 0 aliphatic rings. The van der Waals surface area contributed by atoms with Crippen LogP contribution in [0.5, 0.6) is 0 Å². The van der Waals surface area contributed by atoms with E-state index in [-0.39, 0.29) is 27.0 Å². The molecule has 0 saturated carbocycles. The lowest BCUT2D eigenvalue weighted by molar-refractivity contribution is -0.141. The summed E-state index contributed by atoms with van der Waals surface area (Å²) in [4.78, 5) is 26.1. The van der Waals surface area contributed by atoms with Crippen molar-refractivity contribution in [3.05, 3.63) is 33.5 Å². The summed E-state index contributed by atoms with van der Waals surface area (Å²) < 4.78 is 39.0. The monoisotopic (exact) mass is 385 g/mol. The zero-order valence-corrected chi connectivity index (χ0v) is 15.0. The Morgan fingerprint density at radius 3 is 2.46 bits per heavy atom. The van der Waals surface area contributed by atoms with Crippen molar-refractivity contribution in [1.82, 2.24) is 14.7 Å². The maximum atomic E-state index is 12.7. The van der Waals surface area contributed by atoms with Gasteiger partial charge < -0.3 is 10.2 Å². The topological polar surface area (TPSA) is 91.0 Å². The minimum atomic E-state index is -4.68. The number of carbonyl (C=O) groups excluding carboxylic acids is 2. The van der Waals surface area contributed by atoms with E-state index < -0.39 is 17.8 Å². The Labute approximate surface area is 150 Å². The number of nitrogens with one attached hydrogen (secondary N) is 1. The van der Waals surface area contributed by atoms with E-state index in [1.165, 1.54) is 11.9 Å². The van der Waals surface area contributed by atoms with E-state index in [0.717, 1.165) is 16.0 Å². The molecule has 0 saturated heterocycles. The van der Waals surface area contributed by atoms with Crippen molar-refractivity contribution in [3.63, 3.8) is 0 Å². The normalized spacial score (nSPS) is 11.2. The molecular formula is C15H14F3N5O2S. The minimum absolute atomic E-state index is 0.0896. The molecule has 0 aliphatic heterocycles. The van der Waals surface area contributed by atoms with Crippen LogP contribution in [-0.2, 0) is 13.2 Å². The lowest BCUT2D eigenvalue weighted by Gasteiger charge is -2.08. The smallest absolute Gasteiger partial charge is 0.344 e. The molecule has 138 valence electrons. The fourth-order valence-corrected chi connectivity index (χ4v) is 3.30. The molecule has 1 N–H and O–H groups in total. The molecule has 0 radical (unpaired) electrons. The van der Waals surface area contributed by atoms with Crippen LogP contribution in [-0.4, -0.2) is 40.6 Å². The molecule has 2 aromatic heterocycles. The van der Waals surface area contributed by atoms with Crippen LogP contribution in [0.3, 0.4) is 0 Å². The van der Waals surface area contributed by atoms with Gasteiger partial charge in [0.1, 0.15) is 16.8 Å². The molecule has 0 unspecified atom stereocenters. The van der Waals surface area contributed by atoms with E-state index in [0.29, 0.717) is 11.6 Å². The van der Waals surface area contributed by atoms with Gasteiger partial charge in [-0.05, 0) is 12.5 Å². The Hall–Kier alpha value is -2.87. The first-order valence-electron chi connectivity index (χ1n) is 7.15. The van der Waals surface area contributed by atoms with Gasteiger partial charge in [0.15, 0.2) is 5.69 Å². The number of nitrogens with zero attached hydrogens (tertiary/aromatic N) is 4. The van der Waals surface area contributed by atoms with Crippen LogP contribution in [0.2, 0.25) is 0 Å². The van der Waals surface area contributed by atoms with Gasteiger partial charge in [-0.2, -0.15) is 23.5 Å². The van der Waals surface area contributed by atoms with Crippen molar-refractivity contribution in [3.8, 4) is 6.07 Å². The van der Waals surface area contributed by atoms with Gasteiger partial charge in [-0.25, -0.2) is 0 Å². The second kappa shape index (κ2) is 6.80. The summed E-state index contributed by atoms with van der Waals surface area (Å²) in [6.07, 6.45) is -4.68. The summed E-state index contributed by atoms with van der Waals surface area (Å²) in [5.41, 5.74) is -1.04. The molecular weight excluding hydrogens is 371 g/mol. The lowest BCUT2D eigenvalue weighted by atomic mass is 10.1. The molecule has 0 aromatic carbocycles. The maximum Gasteiger partial charge on any atom is 0.435 e. The van der Waals surface area contributed by atoms with Crippen LogP contribution in [0.15, 0.2) is 6.07 Å². The summed E-state index contributed by atoms with van der Waals surface area (Å²) in [7, 11) is 4.29. The van der Waals surface area contributed by atoms with Crippen LogP contribution < -0.4 is 5.32 Å². The van der Waals surface area contributed by atoms with Gasteiger partial charge in [0, 0.05) is 27.2 Å². The number of hydrogen-bond donors (Lipinski definition) is 1. The summed E-state index contributed by atoms with van der Waals surface area (Å²) in [5, 5.41) is 15.1. The number of amides is 2. The molecule has 2 aromatic rings. The molecule has 0 spiro atoms. The van der Waals surface area contributed by atoms with Crippen LogP contribution in [0.25, 0.3) is 0 Å². The van der Waals surface area contributed by atoms with Gasteiger partial charge in [-0.1, -0.05) is 0 Å². The highest BCUT2D eigenvalue weighted by Crippen LogP contribution is 2.34. The third kappa shape index (κ3) is 3.55. The number of alkyl halides is 3. The predicted octanol–water partition coefficient (Wildman–Crippen LogP) is 2.63. The summed E-state index contributed by atoms with van der Waals surface area (Å²) >= 11 is 0.891. The number of anilines is 1. The maximum absolute atomic E-state index is 12.7. The highest BCUT2D eigenvalue weighted by molar-refractivity contribution is 7.18. The van der Waals surface area contributed by atoms with Crippen molar-refractivity contribution in [2.75, 3.05) is 19.4 Å². The summed E-state index contributed by atoms with van der Waals surface area (Å²) in [5.74, 6) is -1.21. The van der Waals surface area contributed by atoms with Gasteiger partial charge in [0.2, 0.25) is 0 Å². The molecule has 2 rings (SSSR count). The van der Waals surface area contributed by atoms with Gasteiger partial charge in [0.25, 0.3) is 11.8 Å². The Morgan fingerprint density at radius 2 is 2.00 bits per heavy atom. The molecule has 7 nitrogen and oxygen atoms in total. The average molecular weight is 385 g/mol. The first kappa shape index (κ1) is 19.5. The fraction of sp³-hybridized carbons (Fsp3) is 0.333. The SMILES string of the molecule is Cc1c(C(=O)N(C)C)sc(NC(=O)c2cc(C(F)(F)F)nn2C)c1C#N. The number of hydrogen-bond acceptors (Lipinski definition) is 5.